The van der Waals surface area contributed by atoms with E-state index < -0.39 is 6.04 Å². The lowest BCUT2D eigenvalue weighted by molar-refractivity contribution is -0.122. The fourth-order valence-electron chi connectivity index (χ4n) is 2.85. The van der Waals surface area contributed by atoms with Crippen molar-refractivity contribution in [3.63, 3.8) is 0 Å². The number of nitrogens with one attached hydrogen (secondary N) is 2. The Morgan fingerprint density at radius 1 is 1.30 bits per heavy atom. The monoisotopic (exact) mass is 273 g/mol. The fraction of sp³-hybridized carbons (Fsp3) is 0.467. The van der Waals surface area contributed by atoms with Crippen LogP contribution in [-0.4, -0.2) is 31.1 Å². The highest BCUT2D eigenvalue weighted by molar-refractivity contribution is 5.97. The van der Waals surface area contributed by atoms with E-state index in [-0.39, 0.29) is 11.9 Å². The Morgan fingerprint density at radius 3 is 3.05 bits per heavy atom. The fourth-order valence-corrected chi connectivity index (χ4v) is 2.85. The Bertz CT molecular complexity index is 530. The molecule has 0 radical (unpaired) electrons. The molecule has 3 rings (SSSR count). The molecule has 1 saturated heterocycles. The number of hydrogen-bond donors (Lipinski definition) is 2. The van der Waals surface area contributed by atoms with Crippen LogP contribution < -0.4 is 15.5 Å². The van der Waals surface area contributed by atoms with Crippen LogP contribution in [0.1, 0.15) is 24.8 Å². The van der Waals surface area contributed by atoms with Crippen LogP contribution in [0.5, 0.6) is 0 Å². The SMILES string of the molecule is O=C1NCCCC[C@@H]1NC(=O)N1CCc2ccccc21. The van der Waals surface area contributed by atoms with Crippen molar-refractivity contribution in [3.05, 3.63) is 29.8 Å². The predicted octanol–water partition coefficient (Wildman–Crippen LogP) is 1.43. The molecule has 0 unspecified atom stereocenters. The molecular formula is C15H19N3O2. The topological polar surface area (TPSA) is 61.4 Å². The van der Waals surface area contributed by atoms with Crippen LogP contribution in [-0.2, 0) is 11.2 Å². The number of amides is 3. The summed E-state index contributed by atoms with van der Waals surface area (Å²) in [6, 6.07) is 7.34. The van der Waals surface area contributed by atoms with Crippen LogP contribution in [0, 0.1) is 0 Å². The maximum absolute atomic E-state index is 12.4. The van der Waals surface area contributed by atoms with Crippen molar-refractivity contribution in [3.8, 4) is 0 Å². The first-order chi connectivity index (χ1) is 9.75. The summed E-state index contributed by atoms with van der Waals surface area (Å²) in [7, 11) is 0. The lowest BCUT2D eigenvalue weighted by Crippen LogP contribution is -2.50. The molecule has 3 amide bonds. The third-order valence-electron chi connectivity index (χ3n) is 3.97. The van der Waals surface area contributed by atoms with Gasteiger partial charge in [0, 0.05) is 18.8 Å². The van der Waals surface area contributed by atoms with Gasteiger partial charge >= 0.3 is 6.03 Å². The zero-order chi connectivity index (χ0) is 13.9. The predicted molar refractivity (Wildman–Crippen MR) is 76.7 cm³/mol. The van der Waals surface area contributed by atoms with Crippen LogP contribution >= 0.6 is 0 Å². The first-order valence-corrected chi connectivity index (χ1v) is 7.19. The van der Waals surface area contributed by atoms with E-state index in [1.165, 1.54) is 5.56 Å². The Hall–Kier alpha value is -2.04. The van der Waals surface area contributed by atoms with Gasteiger partial charge < -0.3 is 10.6 Å². The van der Waals surface area contributed by atoms with Crippen LogP contribution in [0.25, 0.3) is 0 Å². The summed E-state index contributed by atoms with van der Waals surface area (Å²) in [5.41, 5.74) is 2.15. The molecule has 0 aromatic heterocycles. The maximum atomic E-state index is 12.4. The Balaban J connectivity index is 1.69. The summed E-state index contributed by atoms with van der Waals surface area (Å²) in [6.07, 6.45) is 3.53. The molecule has 2 aliphatic heterocycles. The van der Waals surface area contributed by atoms with E-state index in [1.54, 1.807) is 4.90 Å². The summed E-state index contributed by atoms with van der Waals surface area (Å²) in [4.78, 5) is 26.0. The smallest absolute Gasteiger partial charge is 0.322 e. The van der Waals surface area contributed by atoms with Crippen molar-refractivity contribution < 1.29 is 9.59 Å². The highest BCUT2D eigenvalue weighted by Gasteiger charge is 2.28. The number of fused-ring (bicyclic) bond motifs is 1. The zero-order valence-corrected chi connectivity index (χ0v) is 11.4. The second kappa shape index (κ2) is 5.53. The Morgan fingerprint density at radius 2 is 2.15 bits per heavy atom. The van der Waals surface area contributed by atoms with Gasteiger partial charge in [-0.25, -0.2) is 4.79 Å². The average Bonchev–Trinajstić information content (AvgIpc) is 2.79. The third-order valence-corrected chi connectivity index (χ3v) is 3.97. The van der Waals surface area contributed by atoms with Gasteiger partial charge in [0.05, 0.1) is 0 Å². The van der Waals surface area contributed by atoms with Crippen molar-refractivity contribution in [2.45, 2.75) is 31.7 Å². The molecule has 0 saturated carbocycles. The molecule has 2 aliphatic rings. The van der Waals surface area contributed by atoms with Gasteiger partial charge in [-0.3, -0.25) is 9.69 Å². The molecule has 106 valence electrons. The number of carbonyl (C=O) groups is 2. The van der Waals surface area contributed by atoms with Gasteiger partial charge in [0.25, 0.3) is 0 Å². The number of carbonyl (C=O) groups excluding carboxylic acids is 2. The molecule has 2 heterocycles. The number of hydrogen-bond acceptors (Lipinski definition) is 2. The van der Waals surface area contributed by atoms with E-state index >= 15 is 0 Å². The first kappa shape index (κ1) is 13.0. The van der Waals surface area contributed by atoms with E-state index in [1.807, 2.05) is 24.3 Å². The first-order valence-electron chi connectivity index (χ1n) is 7.19. The molecule has 0 bridgehead atoms. The van der Waals surface area contributed by atoms with Crippen molar-refractivity contribution in [2.24, 2.45) is 0 Å². The number of urea groups is 1. The Labute approximate surface area is 118 Å². The van der Waals surface area contributed by atoms with E-state index in [2.05, 4.69) is 10.6 Å². The highest BCUT2D eigenvalue weighted by atomic mass is 16.2. The molecule has 1 fully saturated rings. The number of benzene rings is 1. The van der Waals surface area contributed by atoms with Gasteiger partial charge in [-0.05, 0) is 37.3 Å². The van der Waals surface area contributed by atoms with Gasteiger partial charge in [0.2, 0.25) is 5.91 Å². The second-order valence-electron chi connectivity index (χ2n) is 5.32. The van der Waals surface area contributed by atoms with E-state index in [9.17, 15) is 9.59 Å². The molecule has 0 aliphatic carbocycles. The largest absolute Gasteiger partial charge is 0.354 e. The average molecular weight is 273 g/mol. The lowest BCUT2D eigenvalue weighted by atomic mass is 10.1. The summed E-state index contributed by atoms with van der Waals surface area (Å²) in [5.74, 6) is -0.0664. The molecule has 0 spiro atoms. The van der Waals surface area contributed by atoms with Gasteiger partial charge in [-0.1, -0.05) is 18.2 Å². The van der Waals surface area contributed by atoms with E-state index in [0.717, 1.165) is 24.9 Å². The van der Waals surface area contributed by atoms with E-state index in [0.29, 0.717) is 19.5 Å². The molecule has 5 heteroatoms. The van der Waals surface area contributed by atoms with E-state index in [4.69, 9.17) is 0 Å². The third kappa shape index (κ3) is 2.48. The van der Waals surface area contributed by atoms with Crippen LogP contribution in [0.4, 0.5) is 10.5 Å². The number of nitrogens with zero attached hydrogens (tertiary/aromatic N) is 1. The van der Waals surface area contributed by atoms with Crippen LogP contribution in [0.2, 0.25) is 0 Å². The van der Waals surface area contributed by atoms with Crippen molar-refractivity contribution in [1.29, 1.82) is 0 Å². The van der Waals surface area contributed by atoms with Crippen molar-refractivity contribution in [2.75, 3.05) is 18.0 Å². The number of anilines is 1. The van der Waals surface area contributed by atoms with Crippen molar-refractivity contribution >= 4 is 17.6 Å². The standard InChI is InChI=1S/C15H19N3O2/c19-14-12(6-3-4-9-16-14)17-15(20)18-10-8-11-5-1-2-7-13(11)18/h1-2,5,7,12H,3-4,6,8-10H2,(H,16,19)(H,17,20)/t12-/m0/s1. The van der Waals surface area contributed by atoms with Crippen LogP contribution in [0.3, 0.4) is 0 Å². The molecule has 2 N–H and O–H groups in total. The summed E-state index contributed by atoms with van der Waals surface area (Å²) in [5, 5.41) is 5.70. The molecule has 1 aromatic carbocycles. The van der Waals surface area contributed by atoms with Crippen LogP contribution in [0.15, 0.2) is 24.3 Å². The zero-order valence-electron chi connectivity index (χ0n) is 11.4. The summed E-state index contributed by atoms with van der Waals surface area (Å²) >= 11 is 0. The maximum Gasteiger partial charge on any atom is 0.322 e. The minimum Gasteiger partial charge on any atom is -0.354 e. The second-order valence-corrected chi connectivity index (χ2v) is 5.32. The molecule has 5 nitrogen and oxygen atoms in total. The molecule has 1 atom stereocenters. The van der Waals surface area contributed by atoms with Crippen molar-refractivity contribution in [1.82, 2.24) is 10.6 Å². The van der Waals surface area contributed by atoms with Gasteiger partial charge in [0.1, 0.15) is 6.04 Å². The van der Waals surface area contributed by atoms with Gasteiger partial charge in [0.15, 0.2) is 0 Å². The lowest BCUT2D eigenvalue weighted by Gasteiger charge is -2.22. The number of rotatable bonds is 1. The highest BCUT2D eigenvalue weighted by Crippen LogP contribution is 2.27. The summed E-state index contributed by atoms with van der Waals surface area (Å²) < 4.78 is 0. The molecule has 20 heavy (non-hydrogen) atoms. The number of para-hydroxylation sites is 1. The summed E-state index contributed by atoms with van der Waals surface area (Å²) in [6.45, 7) is 1.39. The van der Waals surface area contributed by atoms with Gasteiger partial charge in [-0.2, -0.15) is 0 Å². The Kier molecular flexibility index (Phi) is 3.58. The molecule has 1 aromatic rings. The quantitative estimate of drug-likeness (QED) is 0.813. The molecular weight excluding hydrogens is 254 g/mol. The minimum absolute atomic E-state index is 0.0664. The normalized spacial score (nSPS) is 21.9. The minimum atomic E-state index is -0.405. The van der Waals surface area contributed by atoms with Gasteiger partial charge in [-0.15, -0.1) is 0 Å².